The lowest BCUT2D eigenvalue weighted by Crippen LogP contribution is -2.35. The van der Waals surface area contributed by atoms with Crippen LogP contribution in [-0.4, -0.2) is 32.8 Å². The molecule has 1 aliphatic rings. The first-order valence-electron chi connectivity index (χ1n) is 11.4. The Balaban J connectivity index is 1.38. The summed E-state index contributed by atoms with van der Waals surface area (Å²) in [7, 11) is 1.94. The van der Waals surface area contributed by atoms with Gasteiger partial charge in [-0.15, -0.1) is 0 Å². The highest BCUT2D eigenvalue weighted by molar-refractivity contribution is 5.89. The van der Waals surface area contributed by atoms with Gasteiger partial charge in [0, 0.05) is 25.8 Å². The van der Waals surface area contributed by atoms with Crippen molar-refractivity contribution < 1.29 is 0 Å². The summed E-state index contributed by atoms with van der Waals surface area (Å²) in [5, 5.41) is 8.92. The fourth-order valence-corrected chi connectivity index (χ4v) is 4.61. The van der Waals surface area contributed by atoms with Crippen molar-refractivity contribution in [1.82, 2.24) is 19.7 Å². The van der Waals surface area contributed by atoms with Crippen molar-refractivity contribution >= 4 is 28.5 Å². The largest absolute Gasteiger partial charge is 0.341 e. The lowest BCUT2D eigenvalue weighted by molar-refractivity contribution is 0.401. The third-order valence-corrected chi connectivity index (χ3v) is 6.48. The van der Waals surface area contributed by atoms with Crippen LogP contribution < -0.4 is 10.2 Å². The topological polar surface area (TPSA) is 58.9 Å². The zero-order valence-corrected chi connectivity index (χ0v) is 19.0. The minimum Gasteiger partial charge on any atom is -0.341 e. The summed E-state index contributed by atoms with van der Waals surface area (Å²) in [6, 6.07) is 17.2. The number of hydrogen-bond donors (Lipinski definition) is 1. The van der Waals surface area contributed by atoms with E-state index in [1.807, 2.05) is 17.9 Å². The molecular weight excluding hydrogens is 396 g/mol. The highest BCUT2D eigenvalue weighted by Gasteiger charge is 2.23. The highest BCUT2D eigenvalue weighted by atomic mass is 15.3. The number of hydrogen-bond acceptors (Lipinski definition) is 5. The third-order valence-electron chi connectivity index (χ3n) is 6.48. The molecule has 5 rings (SSSR count). The molecule has 1 fully saturated rings. The van der Waals surface area contributed by atoms with E-state index in [1.165, 1.54) is 16.7 Å². The zero-order chi connectivity index (χ0) is 22.1. The molecule has 0 radical (unpaired) electrons. The van der Waals surface area contributed by atoms with Gasteiger partial charge in [-0.3, -0.25) is 4.68 Å². The van der Waals surface area contributed by atoms with Crippen LogP contribution in [0.4, 0.5) is 17.5 Å². The standard InChI is InChI=1S/C26H30N6/c1-18-9-10-23(19(2)15-18)28-24-22-17-27-31(3)25(22)30-26(29-24)32-13-11-21(12-14-32)16-20-7-5-4-6-8-20/h4-10,15,17,21H,11-14,16H2,1-3H3,(H,28,29,30). The van der Waals surface area contributed by atoms with Gasteiger partial charge in [0.05, 0.1) is 11.6 Å². The van der Waals surface area contributed by atoms with Gasteiger partial charge in [-0.1, -0.05) is 48.0 Å². The van der Waals surface area contributed by atoms with Crippen LogP contribution in [0.25, 0.3) is 11.0 Å². The number of rotatable bonds is 5. The van der Waals surface area contributed by atoms with E-state index in [-0.39, 0.29) is 0 Å². The average molecular weight is 427 g/mol. The Bertz CT molecular complexity index is 1220. The second kappa shape index (κ2) is 8.61. The van der Waals surface area contributed by atoms with Gasteiger partial charge >= 0.3 is 0 Å². The first-order chi connectivity index (χ1) is 15.6. The molecule has 0 saturated carbocycles. The Morgan fingerprint density at radius 3 is 2.53 bits per heavy atom. The number of nitrogens with one attached hydrogen (secondary N) is 1. The third kappa shape index (κ3) is 4.17. The Hall–Kier alpha value is -3.41. The molecule has 0 atom stereocenters. The van der Waals surface area contributed by atoms with Crippen LogP contribution in [0.15, 0.2) is 54.7 Å². The molecule has 4 aromatic rings. The predicted octanol–water partition coefficient (Wildman–Crippen LogP) is 5.18. The monoisotopic (exact) mass is 426 g/mol. The number of nitrogens with zero attached hydrogens (tertiary/aromatic N) is 5. The molecular formula is C26H30N6. The summed E-state index contributed by atoms with van der Waals surface area (Å²) >= 11 is 0. The maximum Gasteiger partial charge on any atom is 0.229 e. The van der Waals surface area contributed by atoms with E-state index in [9.17, 15) is 0 Å². The molecule has 164 valence electrons. The second-order valence-electron chi connectivity index (χ2n) is 8.94. The van der Waals surface area contributed by atoms with Crippen LogP contribution in [-0.2, 0) is 13.5 Å². The Morgan fingerprint density at radius 2 is 1.78 bits per heavy atom. The highest BCUT2D eigenvalue weighted by Crippen LogP contribution is 2.30. The van der Waals surface area contributed by atoms with E-state index in [4.69, 9.17) is 9.97 Å². The van der Waals surface area contributed by atoms with Crippen LogP contribution in [0, 0.1) is 19.8 Å². The van der Waals surface area contributed by atoms with Crippen molar-refractivity contribution in [2.24, 2.45) is 13.0 Å². The minimum atomic E-state index is 0.710. The molecule has 0 unspecified atom stereocenters. The first-order valence-corrected chi connectivity index (χ1v) is 11.4. The minimum absolute atomic E-state index is 0.710. The number of benzene rings is 2. The molecule has 6 heteroatoms. The van der Waals surface area contributed by atoms with Crippen molar-refractivity contribution in [3.05, 3.63) is 71.4 Å². The number of aromatic nitrogens is 4. The quantitative estimate of drug-likeness (QED) is 0.476. The number of fused-ring (bicyclic) bond motifs is 1. The van der Waals surface area contributed by atoms with Gasteiger partial charge in [0.2, 0.25) is 5.95 Å². The molecule has 0 aliphatic carbocycles. The predicted molar refractivity (Wildman–Crippen MR) is 131 cm³/mol. The summed E-state index contributed by atoms with van der Waals surface area (Å²) in [5.41, 5.74) is 5.80. The van der Waals surface area contributed by atoms with Gasteiger partial charge in [0.25, 0.3) is 0 Å². The van der Waals surface area contributed by atoms with Gasteiger partial charge in [0.15, 0.2) is 5.65 Å². The molecule has 1 aliphatic heterocycles. The molecule has 3 heterocycles. The SMILES string of the molecule is Cc1ccc(Nc2nc(N3CCC(Cc4ccccc4)CC3)nc3c2cnn3C)c(C)c1. The van der Waals surface area contributed by atoms with Crippen LogP contribution >= 0.6 is 0 Å². The van der Waals surface area contributed by atoms with Gasteiger partial charge in [-0.2, -0.15) is 15.1 Å². The van der Waals surface area contributed by atoms with E-state index in [0.717, 1.165) is 60.8 Å². The van der Waals surface area contributed by atoms with E-state index in [2.05, 4.69) is 77.7 Å². The lowest BCUT2D eigenvalue weighted by atomic mass is 9.90. The lowest BCUT2D eigenvalue weighted by Gasteiger charge is -2.32. The number of piperidine rings is 1. The maximum atomic E-state index is 4.96. The summed E-state index contributed by atoms with van der Waals surface area (Å²) in [6.07, 6.45) is 5.30. The first kappa shape index (κ1) is 20.5. The Morgan fingerprint density at radius 1 is 1.00 bits per heavy atom. The van der Waals surface area contributed by atoms with Crippen LogP contribution in [0.5, 0.6) is 0 Å². The van der Waals surface area contributed by atoms with Crippen LogP contribution in [0.2, 0.25) is 0 Å². The molecule has 0 bridgehead atoms. The van der Waals surface area contributed by atoms with Crippen molar-refractivity contribution in [2.75, 3.05) is 23.3 Å². The molecule has 6 nitrogen and oxygen atoms in total. The molecule has 0 amide bonds. The van der Waals surface area contributed by atoms with Gasteiger partial charge < -0.3 is 10.2 Å². The molecule has 1 N–H and O–H groups in total. The van der Waals surface area contributed by atoms with Crippen molar-refractivity contribution in [1.29, 1.82) is 0 Å². The summed E-state index contributed by atoms with van der Waals surface area (Å²) in [6.45, 7) is 6.18. The Kier molecular flexibility index (Phi) is 5.52. The smallest absolute Gasteiger partial charge is 0.229 e. The fraction of sp³-hybridized carbons (Fsp3) is 0.346. The molecule has 32 heavy (non-hydrogen) atoms. The Labute approximate surface area is 189 Å². The van der Waals surface area contributed by atoms with Crippen LogP contribution in [0.3, 0.4) is 0 Å². The maximum absolute atomic E-state index is 4.96. The van der Waals surface area contributed by atoms with Crippen molar-refractivity contribution in [3.63, 3.8) is 0 Å². The number of aryl methyl sites for hydroxylation is 3. The molecule has 2 aromatic carbocycles. The summed E-state index contributed by atoms with van der Waals surface area (Å²) in [5.74, 6) is 2.31. The van der Waals surface area contributed by atoms with Crippen LogP contribution in [0.1, 0.15) is 29.5 Å². The number of anilines is 3. The summed E-state index contributed by atoms with van der Waals surface area (Å²) in [4.78, 5) is 12.2. The summed E-state index contributed by atoms with van der Waals surface area (Å²) < 4.78 is 1.83. The normalized spacial score (nSPS) is 14.8. The molecule has 0 spiro atoms. The zero-order valence-electron chi connectivity index (χ0n) is 19.0. The van der Waals surface area contributed by atoms with E-state index >= 15 is 0 Å². The van der Waals surface area contributed by atoms with Gasteiger partial charge in [-0.05, 0) is 56.2 Å². The molecule has 1 saturated heterocycles. The van der Waals surface area contributed by atoms with E-state index in [1.54, 1.807) is 0 Å². The van der Waals surface area contributed by atoms with Gasteiger partial charge in [-0.25, -0.2) is 0 Å². The average Bonchev–Trinajstić information content (AvgIpc) is 3.18. The van der Waals surface area contributed by atoms with Gasteiger partial charge in [0.1, 0.15) is 5.82 Å². The second-order valence-corrected chi connectivity index (χ2v) is 8.94. The fourth-order valence-electron chi connectivity index (χ4n) is 4.61. The van der Waals surface area contributed by atoms with Crippen molar-refractivity contribution in [3.8, 4) is 0 Å². The molecule has 2 aromatic heterocycles. The van der Waals surface area contributed by atoms with E-state index in [0.29, 0.717) is 5.92 Å². The van der Waals surface area contributed by atoms with E-state index < -0.39 is 0 Å². The van der Waals surface area contributed by atoms with Crippen molar-refractivity contribution in [2.45, 2.75) is 33.1 Å².